The third-order valence-corrected chi connectivity index (χ3v) is 2.53. The Hall–Kier alpha value is -0.900. The third-order valence-electron chi connectivity index (χ3n) is 2.53. The van der Waals surface area contributed by atoms with Gasteiger partial charge in [-0.15, -0.1) is 0 Å². The van der Waals surface area contributed by atoms with Gasteiger partial charge >= 0.3 is 0 Å². The fraction of sp³-hybridized carbons (Fsp3) is 0.778. The lowest BCUT2D eigenvalue weighted by Crippen LogP contribution is -2.20. The van der Waals surface area contributed by atoms with Gasteiger partial charge < -0.3 is 5.32 Å². The summed E-state index contributed by atoms with van der Waals surface area (Å²) < 4.78 is 1.78. The Labute approximate surface area is 78.4 Å². The van der Waals surface area contributed by atoms with Gasteiger partial charge in [-0.25, -0.2) is 4.98 Å². The van der Waals surface area contributed by atoms with E-state index in [9.17, 15) is 0 Å². The minimum absolute atomic E-state index is 0.517. The summed E-state index contributed by atoms with van der Waals surface area (Å²) in [4.78, 5) is 4.29. The van der Waals surface area contributed by atoms with Crippen molar-refractivity contribution >= 4 is 0 Å². The van der Waals surface area contributed by atoms with E-state index >= 15 is 0 Å². The Morgan fingerprint density at radius 3 is 3.23 bits per heavy atom. The van der Waals surface area contributed by atoms with E-state index in [1.165, 1.54) is 19.3 Å². The van der Waals surface area contributed by atoms with Crippen LogP contribution < -0.4 is 5.32 Å². The van der Waals surface area contributed by atoms with Crippen LogP contribution >= 0.6 is 0 Å². The van der Waals surface area contributed by atoms with E-state index in [2.05, 4.69) is 15.4 Å². The van der Waals surface area contributed by atoms with Crippen LogP contribution in [0.15, 0.2) is 6.33 Å². The smallest absolute Gasteiger partial charge is 0.154 e. The summed E-state index contributed by atoms with van der Waals surface area (Å²) >= 11 is 0. The molecule has 0 aromatic carbocycles. The lowest BCUT2D eigenvalue weighted by molar-refractivity contribution is 0.571. The van der Waals surface area contributed by atoms with Crippen molar-refractivity contribution in [1.29, 1.82) is 0 Å². The summed E-state index contributed by atoms with van der Waals surface area (Å²) in [5.41, 5.74) is 0. The largest absolute Gasteiger partial charge is 0.316 e. The van der Waals surface area contributed by atoms with Crippen molar-refractivity contribution in [2.24, 2.45) is 7.05 Å². The molecule has 1 aromatic rings. The second kappa shape index (κ2) is 3.87. The molecule has 1 saturated heterocycles. The van der Waals surface area contributed by atoms with Crippen molar-refractivity contribution in [2.45, 2.75) is 25.2 Å². The first-order valence-corrected chi connectivity index (χ1v) is 4.92. The molecule has 1 aromatic heterocycles. The Kier molecular flexibility index (Phi) is 2.59. The zero-order valence-corrected chi connectivity index (χ0v) is 8.03. The van der Waals surface area contributed by atoms with Gasteiger partial charge in [0, 0.05) is 19.5 Å². The zero-order valence-electron chi connectivity index (χ0n) is 8.03. The highest BCUT2D eigenvalue weighted by Crippen LogP contribution is 2.19. The van der Waals surface area contributed by atoms with Crippen molar-refractivity contribution in [2.75, 3.05) is 13.1 Å². The molecule has 0 amide bonds. The van der Waals surface area contributed by atoms with E-state index in [-0.39, 0.29) is 0 Å². The van der Waals surface area contributed by atoms with Crippen molar-refractivity contribution < 1.29 is 0 Å². The van der Waals surface area contributed by atoms with Crippen LogP contribution in [0.4, 0.5) is 0 Å². The quantitative estimate of drug-likeness (QED) is 0.691. The van der Waals surface area contributed by atoms with E-state index in [1.807, 2.05) is 7.05 Å². The molecule has 2 heterocycles. The van der Waals surface area contributed by atoms with Gasteiger partial charge in [0.15, 0.2) is 5.82 Å². The van der Waals surface area contributed by atoms with Gasteiger partial charge in [0.2, 0.25) is 0 Å². The Morgan fingerprint density at radius 2 is 2.46 bits per heavy atom. The Balaban J connectivity index is 2.06. The molecule has 1 aliphatic heterocycles. The summed E-state index contributed by atoms with van der Waals surface area (Å²) in [7, 11) is 1.92. The molecule has 1 aliphatic rings. The van der Waals surface area contributed by atoms with Crippen LogP contribution in [-0.4, -0.2) is 27.9 Å². The van der Waals surface area contributed by atoms with E-state index in [0.29, 0.717) is 5.92 Å². The molecule has 0 saturated carbocycles. The molecule has 13 heavy (non-hydrogen) atoms. The molecule has 1 fully saturated rings. The molecule has 72 valence electrons. The minimum atomic E-state index is 0.517. The van der Waals surface area contributed by atoms with Gasteiger partial charge in [0.05, 0.1) is 0 Å². The number of nitrogens with one attached hydrogen (secondary N) is 1. The molecule has 0 spiro atoms. The van der Waals surface area contributed by atoms with E-state index in [0.717, 1.165) is 18.9 Å². The van der Waals surface area contributed by atoms with Crippen LogP contribution in [0.5, 0.6) is 0 Å². The minimum Gasteiger partial charge on any atom is -0.316 e. The molecule has 4 heteroatoms. The molecule has 1 unspecified atom stereocenters. The second-order valence-corrected chi connectivity index (χ2v) is 3.67. The molecule has 0 aliphatic carbocycles. The molecular formula is C9H16N4. The van der Waals surface area contributed by atoms with Crippen molar-refractivity contribution in [1.82, 2.24) is 20.1 Å². The second-order valence-electron chi connectivity index (χ2n) is 3.67. The Morgan fingerprint density at radius 1 is 1.54 bits per heavy atom. The van der Waals surface area contributed by atoms with Crippen LogP contribution in [0.25, 0.3) is 0 Å². The average Bonchev–Trinajstić information content (AvgIpc) is 2.43. The maximum Gasteiger partial charge on any atom is 0.154 e. The van der Waals surface area contributed by atoms with Gasteiger partial charge in [-0.2, -0.15) is 5.10 Å². The average molecular weight is 180 g/mol. The van der Waals surface area contributed by atoms with Crippen LogP contribution in [-0.2, 0) is 7.05 Å². The number of aryl methyl sites for hydroxylation is 1. The number of hydrogen-bond acceptors (Lipinski definition) is 3. The molecule has 0 radical (unpaired) electrons. The third kappa shape index (κ3) is 2.06. The molecule has 4 nitrogen and oxygen atoms in total. The highest BCUT2D eigenvalue weighted by Gasteiger charge is 2.17. The van der Waals surface area contributed by atoms with Crippen LogP contribution in [0.1, 0.15) is 31.0 Å². The fourth-order valence-corrected chi connectivity index (χ4v) is 1.78. The summed E-state index contributed by atoms with van der Waals surface area (Å²) in [6.07, 6.45) is 5.57. The predicted octanol–water partition coefficient (Wildman–Crippen LogP) is 0.672. The van der Waals surface area contributed by atoms with E-state index < -0.39 is 0 Å². The van der Waals surface area contributed by atoms with Gasteiger partial charge in [0.1, 0.15) is 6.33 Å². The lowest BCUT2D eigenvalue weighted by Gasteiger charge is -2.08. The topological polar surface area (TPSA) is 42.7 Å². The molecule has 1 atom stereocenters. The van der Waals surface area contributed by atoms with Crippen LogP contribution in [0, 0.1) is 0 Å². The normalized spacial score (nSPS) is 24.2. The molecule has 2 rings (SSSR count). The monoisotopic (exact) mass is 180 g/mol. The van der Waals surface area contributed by atoms with E-state index in [1.54, 1.807) is 11.0 Å². The number of rotatable bonds is 1. The summed E-state index contributed by atoms with van der Waals surface area (Å²) in [6, 6.07) is 0. The number of nitrogens with zero attached hydrogens (tertiary/aromatic N) is 3. The summed E-state index contributed by atoms with van der Waals surface area (Å²) in [6.45, 7) is 2.17. The number of hydrogen-bond donors (Lipinski definition) is 1. The maximum atomic E-state index is 4.34. The van der Waals surface area contributed by atoms with Crippen molar-refractivity contribution in [3.63, 3.8) is 0 Å². The first-order valence-electron chi connectivity index (χ1n) is 4.92. The molecular weight excluding hydrogens is 164 g/mol. The number of aromatic nitrogens is 3. The fourth-order valence-electron chi connectivity index (χ4n) is 1.78. The van der Waals surface area contributed by atoms with Crippen molar-refractivity contribution in [3.8, 4) is 0 Å². The standard InChI is InChI=1S/C9H16N4/c1-13-7-11-9(12-13)8-4-2-3-5-10-6-8/h7-8,10H,2-6H2,1H3. The van der Waals surface area contributed by atoms with Gasteiger partial charge in [0.25, 0.3) is 0 Å². The van der Waals surface area contributed by atoms with Gasteiger partial charge in [-0.1, -0.05) is 6.42 Å². The van der Waals surface area contributed by atoms with Crippen molar-refractivity contribution in [3.05, 3.63) is 12.2 Å². The summed E-state index contributed by atoms with van der Waals surface area (Å²) in [5, 5.41) is 7.76. The van der Waals surface area contributed by atoms with Crippen LogP contribution in [0.2, 0.25) is 0 Å². The Bertz CT molecular complexity index is 260. The first-order chi connectivity index (χ1) is 6.36. The van der Waals surface area contributed by atoms with Crippen LogP contribution in [0.3, 0.4) is 0 Å². The molecule has 0 bridgehead atoms. The SMILES string of the molecule is Cn1cnc(C2CCCCNC2)n1. The highest BCUT2D eigenvalue weighted by atomic mass is 15.3. The van der Waals surface area contributed by atoms with E-state index in [4.69, 9.17) is 0 Å². The maximum absolute atomic E-state index is 4.34. The van der Waals surface area contributed by atoms with Gasteiger partial charge in [-0.05, 0) is 19.4 Å². The molecule has 1 N–H and O–H groups in total. The summed E-state index contributed by atoms with van der Waals surface area (Å²) in [5.74, 6) is 1.51. The lowest BCUT2D eigenvalue weighted by atomic mass is 10.0. The van der Waals surface area contributed by atoms with Gasteiger partial charge in [-0.3, -0.25) is 4.68 Å². The zero-order chi connectivity index (χ0) is 9.10. The highest BCUT2D eigenvalue weighted by molar-refractivity contribution is 4.95. The predicted molar refractivity (Wildman–Crippen MR) is 50.5 cm³/mol. The first kappa shape index (κ1) is 8.69.